The number of furan rings is 1. The molecule has 0 aromatic carbocycles. The fourth-order valence-electron chi connectivity index (χ4n) is 1.15. The molecule has 0 amide bonds. The van der Waals surface area contributed by atoms with Crippen LogP contribution in [0, 0.1) is 0 Å². The number of hydrogen-bond donors (Lipinski definition) is 1. The molecule has 0 radical (unpaired) electrons. The number of ketones is 1. The third kappa shape index (κ3) is 2.51. The van der Waals surface area contributed by atoms with Crippen molar-refractivity contribution in [1.29, 1.82) is 0 Å². The number of carboxylic acid groups (broad SMARTS) is 1. The van der Waals surface area contributed by atoms with Crippen molar-refractivity contribution in [2.75, 3.05) is 0 Å². The fraction of sp³-hybridized carbons (Fsp3) is 0. The summed E-state index contributed by atoms with van der Waals surface area (Å²) < 4.78 is 6.51. The quantitative estimate of drug-likeness (QED) is 0.823. The van der Waals surface area contributed by atoms with Crippen LogP contribution in [0.5, 0.6) is 0 Å². The van der Waals surface area contributed by atoms with Crippen molar-refractivity contribution in [3.8, 4) is 0 Å². The number of aromatic carboxylic acids is 1. The van der Waals surface area contributed by atoms with Crippen LogP contribution in [0.15, 0.2) is 30.9 Å². The lowest BCUT2D eigenvalue weighted by Gasteiger charge is -1.91. The fourth-order valence-corrected chi connectivity index (χ4v) is 3.14. The molecule has 1 N–H and O–H groups in total. The minimum atomic E-state index is -1.20. The molecule has 2 aromatic rings. The number of carbonyl (C=O) groups excluding carboxylic acids is 1. The summed E-state index contributed by atoms with van der Waals surface area (Å²) in [6.45, 7) is 0. The summed E-state index contributed by atoms with van der Waals surface area (Å²) in [4.78, 5) is 23.0. The Kier molecular flexibility index (Phi) is 3.50. The van der Waals surface area contributed by atoms with Crippen molar-refractivity contribution in [2.24, 2.45) is 0 Å². The van der Waals surface area contributed by atoms with Gasteiger partial charge in [0.15, 0.2) is 5.76 Å². The van der Waals surface area contributed by atoms with Gasteiger partial charge in [-0.15, -0.1) is 11.3 Å². The standard InChI is InChI=1S/C10H4Br2O4S/c11-4-3-7(17-9(4)12)8(13)5-1-2-6(16-5)10(14)15/h1-3H,(H,14,15). The molecule has 17 heavy (non-hydrogen) atoms. The molecule has 0 aliphatic carbocycles. The Hall–Kier alpha value is -0.920. The average molecular weight is 380 g/mol. The molecule has 0 aliphatic rings. The van der Waals surface area contributed by atoms with Crippen LogP contribution >= 0.6 is 43.2 Å². The van der Waals surface area contributed by atoms with Crippen LogP contribution in [0.3, 0.4) is 0 Å². The molecule has 0 saturated carbocycles. The van der Waals surface area contributed by atoms with E-state index in [4.69, 9.17) is 9.52 Å². The van der Waals surface area contributed by atoms with E-state index >= 15 is 0 Å². The summed E-state index contributed by atoms with van der Waals surface area (Å²) in [5.41, 5.74) is 0. The zero-order valence-corrected chi connectivity index (χ0v) is 12.1. The van der Waals surface area contributed by atoms with Crippen molar-refractivity contribution in [3.05, 3.63) is 42.9 Å². The lowest BCUT2D eigenvalue weighted by molar-refractivity contribution is 0.0660. The van der Waals surface area contributed by atoms with E-state index in [0.717, 1.165) is 8.26 Å². The van der Waals surface area contributed by atoms with Crippen LogP contribution in [-0.2, 0) is 0 Å². The maximum Gasteiger partial charge on any atom is 0.371 e. The topological polar surface area (TPSA) is 67.5 Å². The minimum Gasteiger partial charge on any atom is -0.475 e. The van der Waals surface area contributed by atoms with Crippen LogP contribution in [0.2, 0.25) is 0 Å². The first-order valence-electron chi connectivity index (χ1n) is 4.31. The first-order valence-corrected chi connectivity index (χ1v) is 6.72. The largest absolute Gasteiger partial charge is 0.475 e. The number of rotatable bonds is 3. The molecule has 0 fully saturated rings. The first kappa shape index (κ1) is 12.5. The van der Waals surface area contributed by atoms with E-state index in [1.54, 1.807) is 6.07 Å². The lowest BCUT2D eigenvalue weighted by atomic mass is 10.2. The Morgan fingerprint density at radius 3 is 2.35 bits per heavy atom. The Balaban J connectivity index is 2.33. The second kappa shape index (κ2) is 4.75. The van der Waals surface area contributed by atoms with Gasteiger partial charge in [0.05, 0.1) is 8.66 Å². The van der Waals surface area contributed by atoms with E-state index in [2.05, 4.69) is 31.9 Å². The van der Waals surface area contributed by atoms with E-state index < -0.39 is 5.97 Å². The molecule has 7 heteroatoms. The van der Waals surface area contributed by atoms with E-state index in [0.29, 0.717) is 4.88 Å². The second-order valence-electron chi connectivity index (χ2n) is 3.03. The van der Waals surface area contributed by atoms with Gasteiger partial charge in [-0.1, -0.05) is 0 Å². The molecule has 2 heterocycles. The van der Waals surface area contributed by atoms with Gasteiger partial charge in [0, 0.05) is 4.47 Å². The van der Waals surface area contributed by atoms with Gasteiger partial charge >= 0.3 is 5.97 Å². The summed E-state index contributed by atoms with van der Waals surface area (Å²) in [6.07, 6.45) is 0. The van der Waals surface area contributed by atoms with E-state index in [9.17, 15) is 9.59 Å². The molecule has 0 unspecified atom stereocenters. The number of hydrogen-bond acceptors (Lipinski definition) is 4. The second-order valence-corrected chi connectivity index (χ2v) is 6.25. The predicted octanol–water partition coefficient (Wildman–Crippen LogP) is 3.80. The van der Waals surface area contributed by atoms with Crippen LogP contribution in [-0.4, -0.2) is 16.9 Å². The van der Waals surface area contributed by atoms with Gasteiger partial charge in [-0.3, -0.25) is 4.79 Å². The highest BCUT2D eigenvalue weighted by Crippen LogP contribution is 2.33. The Bertz CT molecular complexity index is 580. The zero-order chi connectivity index (χ0) is 12.6. The molecule has 2 aromatic heterocycles. The molecular weight excluding hydrogens is 376 g/mol. The third-order valence-corrected chi connectivity index (χ3v) is 5.16. The van der Waals surface area contributed by atoms with Crippen LogP contribution in [0.4, 0.5) is 0 Å². The summed E-state index contributed by atoms with van der Waals surface area (Å²) in [5.74, 6) is -1.77. The zero-order valence-electron chi connectivity index (χ0n) is 8.07. The number of halogens is 2. The number of thiophene rings is 1. The normalized spacial score (nSPS) is 10.5. The highest BCUT2D eigenvalue weighted by molar-refractivity contribution is 9.13. The van der Waals surface area contributed by atoms with Gasteiger partial charge in [-0.05, 0) is 50.1 Å². The SMILES string of the molecule is O=C(O)c1ccc(C(=O)c2cc(Br)c(Br)s2)o1. The van der Waals surface area contributed by atoms with Gasteiger partial charge in [0.25, 0.3) is 0 Å². The predicted molar refractivity (Wildman–Crippen MR) is 68.8 cm³/mol. The number of carbonyl (C=O) groups is 2. The maximum absolute atomic E-state index is 11.9. The third-order valence-electron chi connectivity index (χ3n) is 1.91. The molecule has 0 bridgehead atoms. The van der Waals surface area contributed by atoms with Crippen LogP contribution in [0.1, 0.15) is 26.0 Å². The molecular formula is C10H4Br2O4S. The van der Waals surface area contributed by atoms with Crippen LogP contribution < -0.4 is 0 Å². The maximum atomic E-state index is 11.9. The van der Waals surface area contributed by atoms with Crippen molar-refractivity contribution in [1.82, 2.24) is 0 Å². The Labute approximate surface area is 117 Å². The lowest BCUT2D eigenvalue weighted by Crippen LogP contribution is -1.97. The van der Waals surface area contributed by atoms with E-state index in [1.807, 2.05) is 0 Å². The molecule has 4 nitrogen and oxygen atoms in total. The average Bonchev–Trinajstić information content (AvgIpc) is 2.86. The van der Waals surface area contributed by atoms with Gasteiger partial charge in [0.1, 0.15) is 0 Å². The van der Waals surface area contributed by atoms with Crippen molar-refractivity contribution in [2.45, 2.75) is 0 Å². The molecule has 88 valence electrons. The van der Waals surface area contributed by atoms with Crippen LogP contribution in [0.25, 0.3) is 0 Å². The van der Waals surface area contributed by atoms with Gasteiger partial charge in [-0.2, -0.15) is 0 Å². The molecule has 0 saturated heterocycles. The molecule has 2 rings (SSSR count). The highest BCUT2D eigenvalue weighted by atomic mass is 79.9. The Morgan fingerprint density at radius 1 is 1.24 bits per heavy atom. The Morgan fingerprint density at radius 2 is 1.88 bits per heavy atom. The van der Waals surface area contributed by atoms with Crippen molar-refractivity contribution >= 4 is 54.9 Å². The monoisotopic (exact) mass is 378 g/mol. The smallest absolute Gasteiger partial charge is 0.371 e. The summed E-state index contributed by atoms with van der Waals surface area (Å²) in [5, 5.41) is 8.68. The highest BCUT2D eigenvalue weighted by Gasteiger charge is 2.19. The molecule has 0 atom stereocenters. The van der Waals surface area contributed by atoms with Gasteiger partial charge in [0.2, 0.25) is 11.5 Å². The van der Waals surface area contributed by atoms with E-state index in [1.165, 1.54) is 23.5 Å². The minimum absolute atomic E-state index is 0.0173. The summed E-state index contributed by atoms with van der Waals surface area (Å²) >= 11 is 7.80. The molecule has 0 spiro atoms. The molecule has 0 aliphatic heterocycles. The van der Waals surface area contributed by atoms with Crippen molar-refractivity contribution in [3.63, 3.8) is 0 Å². The summed E-state index contributed by atoms with van der Waals surface area (Å²) in [6, 6.07) is 4.26. The first-order chi connectivity index (χ1) is 7.99. The van der Waals surface area contributed by atoms with Gasteiger partial charge < -0.3 is 9.52 Å². The summed E-state index contributed by atoms with van der Waals surface area (Å²) in [7, 11) is 0. The van der Waals surface area contributed by atoms with Gasteiger partial charge in [-0.25, -0.2) is 4.79 Å². The van der Waals surface area contributed by atoms with Crippen molar-refractivity contribution < 1.29 is 19.1 Å². The number of carboxylic acids is 1. The van der Waals surface area contributed by atoms with E-state index in [-0.39, 0.29) is 17.3 Å².